The topological polar surface area (TPSA) is 3.24 Å². The van der Waals surface area contributed by atoms with Crippen molar-refractivity contribution >= 4 is 27.2 Å². The van der Waals surface area contributed by atoms with Crippen LogP contribution in [0.1, 0.15) is 47.4 Å². The van der Waals surface area contributed by atoms with Crippen molar-refractivity contribution in [3.05, 3.63) is 114 Å². The van der Waals surface area contributed by atoms with Gasteiger partial charge in [-0.3, -0.25) is 0 Å². The smallest absolute Gasteiger partial charge is 0.0588 e. The first-order chi connectivity index (χ1) is 16.4. The van der Waals surface area contributed by atoms with E-state index < -0.39 is 0 Å². The fourth-order valence-corrected chi connectivity index (χ4v) is 7.59. The number of hydrogen-bond acceptors (Lipinski definition) is 1. The summed E-state index contributed by atoms with van der Waals surface area (Å²) in [5, 5.41) is 5.65. The summed E-state index contributed by atoms with van der Waals surface area (Å²) in [4.78, 5) is 2.85. The molecule has 2 aliphatic carbocycles. The predicted octanol–water partition coefficient (Wildman–Crippen LogP) is 7.89. The van der Waals surface area contributed by atoms with Crippen LogP contribution in [0.2, 0.25) is 0 Å². The Morgan fingerprint density at radius 3 is 2.36 bits per heavy atom. The van der Waals surface area contributed by atoms with Crippen molar-refractivity contribution in [2.75, 3.05) is 11.4 Å². The number of anilines is 1. The Morgan fingerprint density at radius 1 is 0.667 bits per heavy atom. The van der Waals surface area contributed by atoms with Crippen LogP contribution in [0, 0.1) is 11.8 Å². The number of allylic oxidation sites excluding steroid dienone is 4. The maximum atomic E-state index is 2.85. The van der Waals surface area contributed by atoms with Gasteiger partial charge in [0, 0.05) is 24.1 Å². The highest BCUT2D eigenvalue weighted by atomic mass is 15.2. The molecule has 0 bridgehead atoms. The molecule has 0 saturated carbocycles. The van der Waals surface area contributed by atoms with E-state index >= 15 is 0 Å². The number of hydrogen-bond donors (Lipinski definition) is 0. The van der Waals surface area contributed by atoms with Crippen LogP contribution in [0.5, 0.6) is 0 Å². The molecule has 0 aromatic heterocycles. The SMILES string of the molecule is C1=CC2c3cc4ccccc4c4c3N(CC2C1)C(c1cccc2ccccc12)C1CC=CC41. The quantitative estimate of drug-likeness (QED) is 0.280. The lowest BCUT2D eigenvalue weighted by atomic mass is 9.69. The fraction of sp³-hybridized carbons (Fsp3) is 0.250. The van der Waals surface area contributed by atoms with E-state index in [2.05, 4.69) is 102 Å². The second-order valence-electron chi connectivity index (χ2n) is 10.4. The van der Waals surface area contributed by atoms with Gasteiger partial charge in [0.25, 0.3) is 0 Å². The van der Waals surface area contributed by atoms with E-state index in [9.17, 15) is 0 Å². The molecule has 0 spiro atoms. The summed E-state index contributed by atoms with van der Waals surface area (Å²) < 4.78 is 0. The molecule has 2 heterocycles. The molecule has 0 radical (unpaired) electrons. The average molecular weight is 426 g/mol. The molecule has 1 nitrogen and oxygen atoms in total. The lowest BCUT2D eigenvalue weighted by Gasteiger charge is -2.52. The second-order valence-corrected chi connectivity index (χ2v) is 10.4. The van der Waals surface area contributed by atoms with Crippen LogP contribution in [0.4, 0.5) is 5.69 Å². The van der Waals surface area contributed by atoms with Gasteiger partial charge in [-0.05, 0) is 69.0 Å². The molecule has 4 aliphatic rings. The summed E-state index contributed by atoms with van der Waals surface area (Å²) >= 11 is 0. The first-order valence-corrected chi connectivity index (χ1v) is 12.5. The maximum absolute atomic E-state index is 2.85. The summed E-state index contributed by atoms with van der Waals surface area (Å²) in [7, 11) is 0. The average Bonchev–Trinajstić information content (AvgIpc) is 3.53. The third kappa shape index (κ3) is 2.38. The molecular weight excluding hydrogens is 398 g/mol. The largest absolute Gasteiger partial charge is 0.363 e. The minimum atomic E-state index is 0.421. The Bertz CT molecular complexity index is 1490. The zero-order valence-electron chi connectivity index (χ0n) is 18.7. The molecule has 2 aliphatic heterocycles. The van der Waals surface area contributed by atoms with Crippen LogP contribution in [0.15, 0.2) is 97.1 Å². The van der Waals surface area contributed by atoms with Gasteiger partial charge < -0.3 is 4.90 Å². The van der Waals surface area contributed by atoms with E-state index in [0.717, 1.165) is 6.54 Å². The van der Waals surface area contributed by atoms with Gasteiger partial charge in [-0.25, -0.2) is 0 Å². The van der Waals surface area contributed by atoms with Crippen molar-refractivity contribution in [3.8, 4) is 0 Å². The van der Waals surface area contributed by atoms with E-state index in [1.54, 1.807) is 16.8 Å². The fourth-order valence-electron chi connectivity index (χ4n) is 7.59. The highest BCUT2D eigenvalue weighted by Gasteiger charge is 2.48. The Balaban J connectivity index is 1.46. The third-order valence-electron chi connectivity index (χ3n) is 8.89. The molecular formula is C32H27N. The Morgan fingerprint density at radius 2 is 1.42 bits per heavy atom. The summed E-state index contributed by atoms with van der Waals surface area (Å²) in [5.41, 5.74) is 6.22. The van der Waals surface area contributed by atoms with Crippen molar-refractivity contribution in [2.45, 2.75) is 30.7 Å². The van der Waals surface area contributed by atoms with Gasteiger partial charge >= 0.3 is 0 Å². The lowest BCUT2D eigenvalue weighted by molar-refractivity contribution is 0.338. The van der Waals surface area contributed by atoms with Crippen LogP contribution in [0.3, 0.4) is 0 Å². The maximum Gasteiger partial charge on any atom is 0.0588 e. The summed E-state index contributed by atoms with van der Waals surface area (Å²) in [6, 6.07) is 28.0. The molecule has 8 rings (SSSR count). The van der Waals surface area contributed by atoms with Gasteiger partial charge in [0.05, 0.1) is 6.04 Å². The monoisotopic (exact) mass is 425 g/mol. The molecule has 4 aromatic carbocycles. The first kappa shape index (κ1) is 18.1. The second kappa shape index (κ2) is 6.60. The highest BCUT2D eigenvalue weighted by Crippen LogP contribution is 2.60. The van der Waals surface area contributed by atoms with Crippen molar-refractivity contribution in [3.63, 3.8) is 0 Å². The summed E-state index contributed by atoms with van der Waals surface area (Å²) in [5.74, 6) is 2.34. The lowest BCUT2D eigenvalue weighted by Crippen LogP contribution is -2.46. The van der Waals surface area contributed by atoms with Gasteiger partial charge in [0.2, 0.25) is 0 Å². The number of benzene rings is 4. The molecule has 0 fully saturated rings. The Kier molecular flexibility index (Phi) is 3.63. The van der Waals surface area contributed by atoms with E-state index in [-0.39, 0.29) is 0 Å². The molecule has 0 N–H and O–H groups in total. The minimum absolute atomic E-state index is 0.421. The standard InChI is InChI=1S/C32H27N/c1-3-12-23-20(8-1)10-5-16-27(23)31-28-17-7-15-26(28)30-25-13-4-2-9-21(25)18-29-24-14-6-11-22(24)19-33(31)32(29)30/h1-10,12-16,18,22,24,26,28,31H,11,17,19H2. The Hall–Kier alpha value is -3.32. The van der Waals surface area contributed by atoms with Crippen molar-refractivity contribution < 1.29 is 0 Å². The normalized spacial score (nSPS) is 28.8. The number of rotatable bonds is 1. The van der Waals surface area contributed by atoms with Gasteiger partial charge in [-0.15, -0.1) is 0 Å². The van der Waals surface area contributed by atoms with Crippen molar-refractivity contribution in [1.82, 2.24) is 0 Å². The van der Waals surface area contributed by atoms with Crippen LogP contribution in [-0.4, -0.2) is 6.54 Å². The molecule has 4 aromatic rings. The van der Waals surface area contributed by atoms with E-state index in [1.165, 1.54) is 39.9 Å². The number of fused-ring (bicyclic) bond motifs is 7. The van der Waals surface area contributed by atoms with Gasteiger partial charge in [-0.1, -0.05) is 91.0 Å². The van der Waals surface area contributed by atoms with E-state index in [1.807, 2.05) is 0 Å². The van der Waals surface area contributed by atoms with Gasteiger partial charge in [0.15, 0.2) is 0 Å². The van der Waals surface area contributed by atoms with Crippen LogP contribution in [0.25, 0.3) is 21.5 Å². The van der Waals surface area contributed by atoms with E-state index in [0.29, 0.717) is 29.7 Å². The minimum Gasteiger partial charge on any atom is -0.363 e. The zero-order valence-corrected chi connectivity index (χ0v) is 18.7. The molecule has 5 unspecified atom stereocenters. The number of nitrogens with zero attached hydrogens (tertiary/aromatic N) is 1. The summed E-state index contributed by atoms with van der Waals surface area (Å²) in [6.07, 6.45) is 12.3. The van der Waals surface area contributed by atoms with Crippen LogP contribution in [-0.2, 0) is 0 Å². The van der Waals surface area contributed by atoms with Crippen molar-refractivity contribution in [2.24, 2.45) is 11.8 Å². The molecule has 0 amide bonds. The van der Waals surface area contributed by atoms with Crippen LogP contribution >= 0.6 is 0 Å². The van der Waals surface area contributed by atoms with Gasteiger partial charge in [-0.2, -0.15) is 0 Å². The molecule has 0 saturated heterocycles. The predicted molar refractivity (Wildman–Crippen MR) is 138 cm³/mol. The Labute approximate surface area is 195 Å². The summed E-state index contributed by atoms with van der Waals surface area (Å²) in [6.45, 7) is 1.16. The molecule has 160 valence electrons. The van der Waals surface area contributed by atoms with E-state index in [4.69, 9.17) is 0 Å². The third-order valence-corrected chi connectivity index (χ3v) is 8.89. The molecule has 1 heteroatoms. The van der Waals surface area contributed by atoms with Crippen LogP contribution < -0.4 is 4.90 Å². The highest BCUT2D eigenvalue weighted by molar-refractivity contribution is 5.95. The molecule has 33 heavy (non-hydrogen) atoms. The first-order valence-electron chi connectivity index (χ1n) is 12.5. The zero-order chi connectivity index (χ0) is 21.5. The molecule has 5 atom stereocenters. The van der Waals surface area contributed by atoms with Gasteiger partial charge in [0.1, 0.15) is 0 Å². The van der Waals surface area contributed by atoms with Crippen molar-refractivity contribution in [1.29, 1.82) is 0 Å².